The molecule has 7 heteroatoms. The fraction of sp³-hybridized carbons (Fsp3) is 0.435. The zero-order valence-electron chi connectivity index (χ0n) is 18.0. The van der Waals surface area contributed by atoms with E-state index >= 15 is 0 Å². The number of piperazine rings is 1. The Morgan fingerprint density at radius 3 is 2.23 bits per heavy atom. The Labute approximate surface area is 179 Å². The maximum Gasteiger partial charge on any atom is 0.278 e. The first-order chi connectivity index (χ1) is 14.3. The molecule has 1 amide bonds. The van der Waals surface area contributed by atoms with Gasteiger partial charge in [0.05, 0.1) is 31.1 Å². The van der Waals surface area contributed by atoms with Gasteiger partial charge in [-0.15, -0.1) is 0 Å². The van der Waals surface area contributed by atoms with E-state index in [0.29, 0.717) is 37.6 Å². The third kappa shape index (κ3) is 5.28. The van der Waals surface area contributed by atoms with Crippen LogP contribution in [0.4, 0.5) is 0 Å². The highest BCUT2D eigenvalue weighted by Gasteiger charge is 2.34. The number of hydrogen-bond acceptors (Lipinski definition) is 3. The molecule has 0 unspecified atom stereocenters. The second-order valence-electron chi connectivity index (χ2n) is 8.15. The topological polar surface area (TPSA) is 70.9 Å². The Kier molecular flexibility index (Phi) is 7.28. The van der Waals surface area contributed by atoms with Gasteiger partial charge in [-0.25, -0.2) is 8.42 Å². The number of hydrogen-bond donors (Lipinski definition) is 2. The van der Waals surface area contributed by atoms with Gasteiger partial charge < -0.3 is 10.2 Å². The number of benzene rings is 2. The summed E-state index contributed by atoms with van der Waals surface area (Å²) in [5, 5.41) is 3.06. The van der Waals surface area contributed by atoms with Gasteiger partial charge in [0.1, 0.15) is 0 Å². The van der Waals surface area contributed by atoms with Crippen molar-refractivity contribution in [2.45, 2.75) is 37.6 Å². The van der Waals surface area contributed by atoms with Gasteiger partial charge in [0, 0.05) is 6.54 Å². The largest absolute Gasteiger partial charge is 0.350 e. The first kappa shape index (κ1) is 22.5. The highest BCUT2D eigenvalue weighted by molar-refractivity contribution is 7.89. The van der Waals surface area contributed by atoms with Crippen LogP contribution < -0.4 is 10.2 Å². The molecule has 2 aromatic rings. The number of carbonyl (C=O) groups excluding carboxylic acids is 1. The van der Waals surface area contributed by atoms with Crippen LogP contribution in [0.1, 0.15) is 30.9 Å². The van der Waals surface area contributed by atoms with Gasteiger partial charge in [0.2, 0.25) is 10.0 Å². The predicted molar refractivity (Wildman–Crippen MR) is 118 cm³/mol. The summed E-state index contributed by atoms with van der Waals surface area (Å²) in [5.41, 5.74) is 2.23. The van der Waals surface area contributed by atoms with Crippen LogP contribution in [-0.4, -0.2) is 57.4 Å². The van der Waals surface area contributed by atoms with Gasteiger partial charge in [-0.1, -0.05) is 55.0 Å². The molecule has 0 aliphatic carbocycles. The lowest BCUT2D eigenvalue weighted by Gasteiger charge is -2.34. The van der Waals surface area contributed by atoms with Crippen LogP contribution in [0.3, 0.4) is 0 Å². The number of carbonyl (C=O) groups is 1. The van der Waals surface area contributed by atoms with Crippen molar-refractivity contribution >= 4 is 15.9 Å². The van der Waals surface area contributed by atoms with Crippen LogP contribution in [0.25, 0.3) is 0 Å². The lowest BCUT2D eigenvalue weighted by Crippen LogP contribution is -3.19. The molecule has 0 saturated carbocycles. The summed E-state index contributed by atoms with van der Waals surface area (Å²) in [7, 11) is -3.48. The SMILES string of the molecule is Cc1ccc(S(=O)(=O)N2CC[NH+]([C@@H](C)C(=O)NC[C@@H](C)c3ccccc3)CC2)cc1. The summed E-state index contributed by atoms with van der Waals surface area (Å²) < 4.78 is 27.2. The third-order valence-electron chi connectivity index (χ3n) is 5.98. The second kappa shape index (κ2) is 9.73. The quantitative estimate of drug-likeness (QED) is 0.693. The Morgan fingerprint density at radius 2 is 1.63 bits per heavy atom. The monoisotopic (exact) mass is 430 g/mol. The smallest absolute Gasteiger partial charge is 0.278 e. The van der Waals surface area contributed by atoms with E-state index in [9.17, 15) is 13.2 Å². The van der Waals surface area contributed by atoms with Crippen molar-refractivity contribution in [2.75, 3.05) is 32.7 Å². The molecule has 0 bridgehead atoms. The van der Waals surface area contributed by atoms with Gasteiger partial charge in [-0.2, -0.15) is 4.31 Å². The van der Waals surface area contributed by atoms with E-state index in [0.717, 1.165) is 10.5 Å². The third-order valence-corrected chi connectivity index (χ3v) is 7.89. The van der Waals surface area contributed by atoms with Crippen LogP contribution in [0.15, 0.2) is 59.5 Å². The molecule has 1 heterocycles. The fourth-order valence-corrected chi connectivity index (χ4v) is 5.24. The van der Waals surface area contributed by atoms with E-state index in [1.54, 1.807) is 12.1 Å². The van der Waals surface area contributed by atoms with Crippen molar-refractivity contribution in [1.82, 2.24) is 9.62 Å². The van der Waals surface area contributed by atoms with Crippen LogP contribution in [-0.2, 0) is 14.8 Å². The molecule has 0 aromatic heterocycles. The summed E-state index contributed by atoms with van der Waals surface area (Å²) in [6, 6.07) is 16.9. The number of sulfonamides is 1. The van der Waals surface area contributed by atoms with Crippen LogP contribution >= 0.6 is 0 Å². The molecule has 2 atom stereocenters. The number of amides is 1. The van der Waals surface area contributed by atoms with E-state index in [1.807, 2.05) is 44.2 Å². The van der Waals surface area contributed by atoms with E-state index < -0.39 is 10.0 Å². The normalized spacial score (nSPS) is 18.0. The molecular weight excluding hydrogens is 398 g/mol. The number of aryl methyl sites for hydroxylation is 1. The number of rotatable bonds is 7. The minimum atomic E-state index is -3.48. The average molecular weight is 431 g/mol. The molecule has 1 aliphatic heterocycles. The highest BCUT2D eigenvalue weighted by Crippen LogP contribution is 2.16. The zero-order chi connectivity index (χ0) is 21.7. The van der Waals surface area contributed by atoms with Crippen molar-refractivity contribution in [3.05, 3.63) is 65.7 Å². The first-order valence-electron chi connectivity index (χ1n) is 10.5. The van der Waals surface area contributed by atoms with E-state index in [2.05, 4.69) is 24.4 Å². The molecule has 1 saturated heterocycles. The van der Waals surface area contributed by atoms with E-state index in [1.165, 1.54) is 9.87 Å². The molecule has 2 aromatic carbocycles. The molecule has 1 aliphatic rings. The number of nitrogens with zero attached hydrogens (tertiary/aromatic N) is 1. The number of nitrogens with one attached hydrogen (secondary N) is 2. The van der Waals surface area contributed by atoms with Crippen LogP contribution in [0.2, 0.25) is 0 Å². The first-order valence-corrected chi connectivity index (χ1v) is 12.0. The molecule has 2 N–H and O–H groups in total. The lowest BCUT2D eigenvalue weighted by atomic mass is 10.0. The van der Waals surface area contributed by atoms with Crippen LogP contribution in [0.5, 0.6) is 0 Å². The standard InChI is InChI=1S/C23H31N3O3S/c1-18-9-11-22(12-10-18)30(28,29)26-15-13-25(14-16-26)20(3)23(27)24-17-19(2)21-7-5-4-6-8-21/h4-12,19-20H,13-17H2,1-3H3,(H,24,27)/p+1/t19-,20+/m1/s1. The van der Waals surface area contributed by atoms with Gasteiger partial charge >= 0.3 is 0 Å². The summed E-state index contributed by atoms with van der Waals surface area (Å²) in [6.07, 6.45) is 0. The average Bonchev–Trinajstić information content (AvgIpc) is 2.77. The van der Waals surface area contributed by atoms with Crippen molar-refractivity contribution in [3.63, 3.8) is 0 Å². The molecule has 30 heavy (non-hydrogen) atoms. The summed E-state index contributed by atoms with van der Waals surface area (Å²) in [6.45, 7) is 8.62. The van der Waals surface area contributed by atoms with E-state index in [-0.39, 0.29) is 17.9 Å². The van der Waals surface area contributed by atoms with Crippen molar-refractivity contribution in [3.8, 4) is 0 Å². The van der Waals surface area contributed by atoms with Crippen molar-refractivity contribution in [2.24, 2.45) is 0 Å². The highest BCUT2D eigenvalue weighted by atomic mass is 32.2. The number of quaternary nitrogens is 1. The van der Waals surface area contributed by atoms with Crippen molar-refractivity contribution in [1.29, 1.82) is 0 Å². The minimum absolute atomic E-state index is 0.0163. The predicted octanol–water partition coefficient (Wildman–Crippen LogP) is 1.19. The van der Waals surface area contributed by atoms with Crippen molar-refractivity contribution < 1.29 is 18.1 Å². The fourth-order valence-electron chi connectivity index (χ4n) is 3.80. The van der Waals surface area contributed by atoms with Gasteiger partial charge in [-0.05, 0) is 37.5 Å². The maximum absolute atomic E-state index is 12.9. The molecule has 6 nitrogen and oxygen atoms in total. The minimum Gasteiger partial charge on any atom is -0.350 e. The van der Waals surface area contributed by atoms with Gasteiger partial charge in [0.15, 0.2) is 6.04 Å². The Hall–Kier alpha value is -2.22. The maximum atomic E-state index is 12.9. The molecular formula is C23H32N3O3S+. The Bertz CT molecular complexity index is 937. The summed E-state index contributed by atoms with van der Waals surface area (Å²) in [5.74, 6) is 0.261. The summed E-state index contributed by atoms with van der Waals surface area (Å²) >= 11 is 0. The second-order valence-corrected chi connectivity index (χ2v) is 10.1. The molecule has 162 valence electrons. The molecule has 0 spiro atoms. The Balaban J connectivity index is 1.51. The van der Waals surface area contributed by atoms with Gasteiger partial charge in [-0.3, -0.25) is 4.79 Å². The van der Waals surface area contributed by atoms with Crippen LogP contribution in [0, 0.1) is 6.92 Å². The molecule has 0 radical (unpaired) electrons. The van der Waals surface area contributed by atoms with Gasteiger partial charge in [0.25, 0.3) is 5.91 Å². The molecule has 1 fully saturated rings. The summed E-state index contributed by atoms with van der Waals surface area (Å²) in [4.78, 5) is 14.1. The molecule has 3 rings (SSSR count). The lowest BCUT2D eigenvalue weighted by molar-refractivity contribution is -0.917. The Morgan fingerprint density at radius 1 is 1.03 bits per heavy atom. The zero-order valence-corrected chi connectivity index (χ0v) is 18.8. The van der Waals surface area contributed by atoms with E-state index in [4.69, 9.17) is 0 Å².